The molecule has 0 spiro atoms. The van der Waals surface area contributed by atoms with E-state index in [1.165, 1.54) is 6.92 Å². The van der Waals surface area contributed by atoms with E-state index in [-0.39, 0.29) is 6.61 Å². The fourth-order valence-electron chi connectivity index (χ4n) is 0.505. The average Bonchev–Trinajstić information content (AvgIpc) is 2.13. The Hall–Kier alpha value is -1.34. The Morgan fingerprint density at radius 1 is 1.50 bits per heavy atom. The van der Waals surface area contributed by atoms with Crippen LogP contribution in [0, 0.1) is 0 Å². The van der Waals surface area contributed by atoms with E-state index >= 15 is 0 Å². The Bertz CT molecular complexity index is 206. The fraction of sp³-hybridized carbons (Fsp3) is 0.714. The molecule has 0 aliphatic rings. The zero-order valence-corrected chi connectivity index (χ0v) is 7.64. The number of alkyl carbamates (subject to hydrolysis) is 1. The summed E-state index contributed by atoms with van der Waals surface area (Å²) in [5, 5.41) is 27.5. The molecule has 0 aliphatic carbocycles. The van der Waals surface area contributed by atoms with Crippen molar-refractivity contribution in [3.63, 3.8) is 0 Å². The zero-order valence-electron chi connectivity index (χ0n) is 7.64. The number of ether oxygens (including phenoxy) is 1. The molecule has 2 unspecified atom stereocenters. The third kappa shape index (κ3) is 5.33. The number of carbonyl (C=O) groups is 2. The van der Waals surface area contributed by atoms with Crippen molar-refractivity contribution in [2.45, 2.75) is 19.1 Å². The Labute approximate surface area is 80.3 Å². The highest BCUT2D eigenvalue weighted by atomic mass is 16.6. The lowest BCUT2D eigenvalue weighted by molar-refractivity contribution is -0.138. The SMILES string of the molecule is CC(NC(=O)OCC(O)CO)C(=O)O. The van der Waals surface area contributed by atoms with Gasteiger partial charge in [0.25, 0.3) is 0 Å². The minimum absolute atomic E-state index is 0.380. The fourth-order valence-corrected chi connectivity index (χ4v) is 0.505. The molecule has 82 valence electrons. The van der Waals surface area contributed by atoms with E-state index in [9.17, 15) is 9.59 Å². The second-order valence-electron chi connectivity index (χ2n) is 2.64. The molecular formula is C7H13NO6. The summed E-state index contributed by atoms with van der Waals surface area (Å²) in [6, 6.07) is -1.06. The molecule has 0 aromatic carbocycles. The van der Waals surface area contributed by atoms with Crippen LogP contribution in [0.4, 0.5) is 4.79 Å². The second kappa shape index (κ2) is 6.17. The normalized spacial score (nSPS) is 14.2. The van der Waals surface area contributed by atoms with Crippen molar-refractivity contribution >= 4 is 12.1 Å². The molecule has 0 bridgehead atoms. The monoisotopic (exact) mass is 207 g/mol. The van der Waals surface area contributed by atoms with E-state index < -0.39 is 30.8 Å². The average molecular weight is 207 g/mol. The van der Waals surface area contributed by atoms with Crippen LogP contribution in [0.3, 0.4) is 0 Å². The summed E-state index contributed by atoms with van der Waals surface area (Å²) in [5.41, 5.74) is 0. The van der Waals surface area contributed by atoms with Crippen LogP contribution in [0.2, 0.25) is 0 Å². The van der Waals surface area contributed by atoms with Crippen molar-refractivity contribution in [3.05, 3.63) is 0 Å². The summed E-state index contributed by atoms with van der Waals surface area (Å²) in [5.74, 6) is -1.19. The molecular weight excluding hydrogens is 194 g/mol. The molecule has 1 amide bonds. The number of carbonyl (C=O) groups excluding carboxylic acids is 1. The molecule has 0 heterocycles. The van der Waals surface area contributed by atoms with Crippen LogP contribution in [0.5, 0.6) is 0 Å². The molecule has 0 fully saturated rings. The minimum Gasteiger partial charge on any atom is -0.480 e. The van der Waals surface area contributed by atoms with Gasteiger partial charge in [-0.1, -0.05) is 0 Å². The van der Waals surface area contributed by atoms with Crippen molar-refractivity contribution in [2.24, 2.45) is 0 Å². The molecule has 0 saturated heterocycles. The molecule has 0 saturated carbocycles. The van der Waals surface area contributed by atoms with E-state index in [0.717, 1.165) is 0 Å². The van der Waals surface area contributed by atoms with E-state index in [1.807, 2.05) is 5.32 Å². The highest BCUT2D eigenvalue weighted by Gasteiger charge is 2.15. The van der Waals surface area contributed by atoms with Gasteiger partial charge in [-0.05, 0) is 6.92 Å². The lowest BCUT2D eigenvalue weighted by Crippen LogP contribution is -2.39. The molecule has 0 radical (unpaired) electrons. The Balaban J connectivity index is 3.71. The van der Waals surface area contributed by atoms with Crippen molar-refractivity contribution < 1.29 is 29.6 Å². The van der Waals surface area contributed by atoms with Crippen LogP contribution < -0.4 is 5.32 Å². The van der Waals surface area contributed by atoms with Gasteiger partial charge in [-0.3, -0.25) is 4.79 Å². The van der Waals surface area contributed by atoms with Gasteiger partial charge in [0.2, 0.25) is 0 Å². The predicted molar refractivity (Wildman–Crippen MR) is 44.7 cm³/mol. The highest BCUT2D eigenvalue weighted by Crippen LogP contribution is 1.87. The standard InChI is InChI=1S/C7H13NO6/c1-4(6(11)12)8-7(13)14-3-5(10)2-9/h4-5,9-10H,2-3H2,1H3,(H,8,13)(H,11,12). The largest absolute Gasteiger partial charge is 0.480 e. The van der Waals surface area contributed by atoms with Crippen LogP contribution in [0.25, 0.3) is 0 Å². The summed E-state index contributed by atoms with van der Waals surface area (Å²) in [7, 11) is 0. The number of carboxylic acids is 1. The highest BCUT2D eigenvalue weighted by molar-refractivity contribution is 5.79. The van der Waals surface area contributed by atoms with Crippen LogP contribution in [-0.2, 0) is 9.53 Å². The molecule has 0 aromatic rings. The van der Waals surface area contributed by atoms with Crippen molar-refractivity contribution in [1.82, 2.24) is 5.32 Å². The number of aliphatic carboxylic acids is 1. The lowest BCUT2D eigenvalue weighted by atomic mass is 10.3. The number of carboxylic acid groups (broad SMARTS) is 1. The Morgan fingerprint density at radius 2 is 2.07 bits per heavy atom. The quantitative estimate of drug-likeness (QED) is 0.437. The first-order valence-corrected chi connectivity index (χ1v) is 3.92. The Morgan fingerprint density at radius 3 is 2.50 bits per heavy atom. The zero-order chi connectivity index (χ0) is 11.1. The summed E-state index contributed by atoms with van der Waals surface area (Å²) in [6.45, 7) is 0.364. The third-order valence-electron chi connectivity index (χ3n) is 1.32. The molecule has 4 N–H and O–H groups in total. The predicted octanol–water partition coefficient (Wildman–Crippen LogP) is -1.46. The minimum atomic E-state index is -1.19. The van der Waals surface area contributed by atoms with Gasteiger partial charge in [0.05, 0.1) is 6.61 Å². The van der Waals surface area contributed by atoms with Gasteiger partial charge in [-0.25, -0.2) is 4.79 Å². The van der Waals surface area contributed by atoms with Crippen LogP contribution in [-0.4, -0.2) is 52.7 Å². The Kier molecular flexibility index (Phi) is 5.58. The molecule has 7 heteroatoms. The second-order valence-corrected chi connectivity index (χ2v) is 2.64. The lowest BCUT2D eigenvalue weighted by Gasteiger charge is -2.11. The van der Waals surface area contributed by atoms with Gasteiger partial charge in [0.1, 0.15) is 18.8 Å². The summed E-state index contributed by atoms with van der Waals surface area (Å²) in [6.07, 6.45) is -2.10. The molecule has 2 atom stereocenters. The van der Waals surface area contributed by atoms with Crippen LogP contribution in [0.15, 0.2) is 0 Å². The number of aliphatic hydroxyl groups is 2. The number of hydrogen-bond donors (Lipinski definition) is 4. The van der Waals surface area contributed by atoms with Gasteiger partial charge in [0, 0.05) is 0 Å². The van der Waals surface area contributed by atoms with Crippen LogP contribution in [0.1, 0.15) is 6.92 Å². The first-order valence-electron chi connectivity index (χ1n) is 3.92. The van der Waals surface area contributed by atoms with Crippen molar-refractivity contribution in [2.75, 3.05) is 13.2 Å². The number of rotatable bonds is 5. The van der Waals surface area contributed by atoms with Gasteiger partial charge in [0.15, 0.2) is 0 Å². The topological polar surface area (TPSA) is 116 Å². The molecule has 14 heavy (non-hydrogen) atoms. The van der Waals surface area contributed by atoms with Crippen molar-refractivity contribution in [1.29, 1.82) is 0 Å². The first-order chi connectivity index (χ1) is 6.47. The first kappa shape index (κ1) is 12.7. The smallest absolute Gasteiger partial charge is 0.407 e. The summed E-state index contributed by atoms with van der Waals surface area (Å²) >= 11 is 0. The van der Waals surface area contributed by atoms with Gasteiger partial charge >= 0.3 is 12.1 Å². The number of aliphatic hydroxyl groups excluding tert-OH is 2. The van der Waals surface area contributed by atoms with Gasteiger partial charge in [-0.15, -0.1) is 0 Å². The molecule has 0 aliphatic heterocycles. The third-order valence-corrected chi connectivity index (χ3v) is 1.32. The van der Waals surface area contributed by atoms with E-state index in [1.54, 1.807) is 0 Å². The van der Waals surface area contributed by atoms with Gasteiger partial charge in [-0.2, -0.15) is 0 Å². The van der Waals surface area contributed by atoms with Crippen molar-refractivity contribution in [3.8, 4) is 0 Å². The summed E-state index contributed by atoms with van der Waals surface area (Å²) in [4.78, 5) is 21.1. The maximum absolute atomic E-state index is 10.8. The van der Waals surface area contributed by atoms with E-state index in [4.69, 9.17) is 15.3 Å². The van der Waals surface area contributed by atoms with Crippen LogP contribution >= 0.6 is 0 Å². The number of hydrogen-bond acceptors (Lipinski definition) is 5. The maximum Gasteiger partial charge on any atom is 0.407 e. The van der Waals surface area contributed by atoms with E-state index in [0.29, 0.717) is 0 Å². The molecule has 0 aromatic heterocycles. The van der Waals surface area contributed by atoms with Gasteiger partial charge < -0.3 is 25.4 Å². The molecule has 7 nitrogen and oxygen atoms in total. The maximum atomic E-state index is 10.8. The summed E-state index contributed by atoms with van der Waals surface area (Å²) < 4.78 is 4.39. The van der Waals surface area contributed by atoms with E-state index in [2.05, 4.69) is 4.74 Å². The molecule has 0 rings (SSSR count). The number of amides is 1. The number of nitrogens with one attached hydrogen (secondary N) is 1.